The van der Waals surface area contributed by atoms with Gasteiger partial charge in [-0.05, 0) is 67.3 Å². The fraction of sp³-hybridized carbons (Fsp3) is 0.400. The van der Waals surface area contributed by atoms with E-state index in [4.69, 9.17) is 4.98 Å². The first-order chi connectivity index (χ1) is 18.0. The molecule has 190 valence electrons. The van der Waals surface area contributed by atoms with Crippen molar-refractivity contribution in [3.05, 3.63) is 71.9 Å². The molecule has 0 radical (unpaired) electrons. The standard InChI is InChI=1S/C30H34N6S/c1-4-26-7-5-23(16-32-26)13-22-9-11-35(12-10-22)29-8-6-24(17-33-29)28-14-27(37-20-21(2)3)19-36-30(28)25(15-31)18-34-36/h5-8,14,16-19,21-22H,4,9-13,20H2,1-3H3. The highest BCUT2D eigenvalue weighted by Crippen LogP contribution is 2.33. The van der Waals surface area contributed by atoms with Gasteiger partial charge in [-0.15, -0.1) is 11.8 Å². The molecule has 4 aromatic heterocycles. The van der Waals surface area contributed by atoms with Crippen LogP contribution < -0.4 is 4.90 Å². The number of thioether (sulfide) groups is 1. The van der Waals surface area contributed by atoms with Crippen LogP contribution in [0, 0.1) is 23.2 Å². The lowest BCUT2D eigenvalue weighted by atomic mass is 9.90. The van der Waals surface area contributed by atoms with E-state index >= 15 is 0 Å². The van der Waals surface area contributed by atoms with Crippen molar-refractivity contribution >= 4 is 23.1 Å². The Kier molecular flexibility index (Phi) is 7.76. The summed E-state index contributed by atoms with van der Waals surface area (Å²) in [7, 11) is 0. The second-order valence-corrected chi connectivity index (χ2v) is 11.4. The van der Waals surface area contributed by atoms with Crippen LogP contribution in [0.3, 0.4) is 0 Å². The summed E-state index contributed by atoms with van der Waals surface area (Å²) in [6, 6.07) is 13.1. The van der Waals surface area contributed by atoms with Gasteiger partial charge in [-0.25, -0.2) is 9.50 Å². The van der Waals surface area contributed by atoms with Gasteiger partial charge in [0.15, 0.2) is 0 Å². The van der Waals surface area contributed by atoms with Gasteiger partial charge in [0.2, 0.25) is 0 Å². The summed E-state index contributed by atoms with van der Waals surface area (Å²) < 4.78 is 1.83. The summed E-state index contributed by atoms with van der Waals surface area (Å²) >= 11 is 1.82. The molecular formula is C30H34N6S. The Morgan fingerprint density at radius 2 is 1.92 bits per heavy atom. The molecule has 0 N–H and O–H groups in total. The fourth-order valence-corrected chi connectivity index (χ4v) is 5.86. The molecule has 0 aliphatic carbocycles. The summed E-state index contributed by atoms with van der Waals surface area (Å²) in [6.45, 7) is 8.62. The normalized spacial score (nSPS) is 14.4. The van der Waals surface area contributed by atoms with Crippen LogP contribution in [0.25, 0.3) is 16.6 Å². The van der Waals surface area contributed by atoms with Gasteiger partial charge in [0.05, 0.1) is 17.3 Å². The van der Waals surface area contributed by atoms with E-state index in [1.807, 2.05) is 28.7 Å². The van der Waals surface area contributed by atoms with Crippen molar-refractivity contribution < 1.29 is 0 Å². The molecule has 7 heteroatoms. The molecule has 1 saturated heterocycles. The second kappa shape index (κ2) is 11.4. The lowest BCUT2D eigenvalue weighted by Crippen LogP contribution is -2.34. The molecule has 6 nitrogen and oxygen atoms in total. The zero-order valence-electron chi connectivity index (χ0n) is 21.9. The minimum atomic E-state index is 0.584. The number of anilines is 1. The first kappa shape index (κ1) is 25.3. The van der Waals surface area contributed by atoms with Crippen LogP contribution >= 0.6 is 11.8 Å². The van der Waals surface area contributed by atoms with Crippen LogP contribution in [0.2, 0.25) is 0 Å². The zero-order chi connectivity index (χ0) is 25.8. The van der Waals surface area contributed by atoms with Gasteiger partial charge < -0.3 is 4.90 Å². The quantitative estimate of drug-likeness (QED) is 0.254. The maximum absolute atomic E-state index is 9.66. The molecule has 5 rings (SSSR count). The van der Waals surface area contributed by atoms with Crippen LogP contribution in [0.1, 0.15) is 50.4 Å². The number of piperidine rings is 1. The van der Waals surface area contributed by atoms with Gasteiger partial charge in [0.25, 0.3) is 0 Å². The fourth-order valence-electron chi connectivity index (χ4n) is 4.96. The Morgan fingerprint density at radius 3 is 2.57 bits per heavy atom. The van der Waals surface area contributed by atoms with E-state index in [1.165, 1.54) is 5.56 Å². The van der Waals surface area contributed by atoms with E-state index in [9.17, 15) is 5.26 Å². The minimum Gasteiger partial charge on any atom is -0.357 e. The third kappa shape index (κ3) is 5.80. The topological polar surface area (TPSA) is 70.1 Å². The molecule has 1 aliphatic heterocycles. The Morgan fingerprint density at radius 1 is 1.08 bits per heavy atom. The van der Waals surface area contributed by atoms with Crippen LogP contribution in [-0.4, -0.2) is 38.4 Å². The molecular weight excluding hydrogens is 476 g/mol. The molecule has 0 atom stereocenters. The monoisotopic (exact) mass is 510 g/mol. The van der Waals surface area contributed by atoms with E-state index < -0.39 is 0 Å². The van der Waals surface area contributed by atoms with Gasteiger partial charge in [-0.3, -0.25) is 4.98 Å². The number of fused-ring (bicyclic) bond motifs is 1. The van der Waals surface area contributed by atoms with Crippen molar-refractivity contribution in [2.75, 3.05) is 23.7 Å². The van der Waals surface area contributed by atoms with E-state index in [0.717, 1.165) is 77.6 Å². The highest BCUT2D eigenvalue weighted by atomic mass is 32.2. The average molecular weight is 511 g/mol. The van der Waals surface area contributed by atoms with Crippen LogP contribution in [0.4, 0.5) is 5.82 Å². The summed E-state index contributed by atoms with van der Waals surface area (Å²) in [4.78, 5) is 13.0. The van der Waals surface area contributed by atoms with Gasteiger partial charge in [-0.1, -0.05) is 26.8 Å². The molecule has 1 aliphatic rings. The average Bonchev–Trinajstić information content (AvgIpc) is 3.35. The van der Waals surface area contributed by atoms with Crippen LogP contribution in [0.5, 0.6) is 0 Å². The summed E-state index contributed by atoms with van der Waals surface area (Å²) in [5.41, 5.74) is 5.94. The molecule has 4 aromatic rings. The third-order valence-electron chi connectivity index (χ3n) is 7.06. The molecule has 5 heterocycles. The Labute approximate surface area is 223 Å². The molecule has 0 amide bonds. The third-order valence-corrected chi connectivity index (χ3v) is 8.45. The first-order valence-electron chi connectivity index (χ1n) is 13.2. The number of aromatic nitrogens is 4. The predicted octanol–water partition coefficient (Wildman–Crippen LogP) is 6.43. The van der Waals surface area contributed by atoms with Gasteiger partial charge in [0.1, 0.15) is 11.9 Å². The maximum atomic E-state index is 9.66. The van der Waals surface area contributed by atoms with Crippen molar-refractivity contribution in [3.63, 3.8) is 0 Å². The van der Waals surface area contributed by atoms with Crippen molar-refractivity contribution in [3.8, 4) is 17.2 Å². The van der Waals surface area contributed by atoms with Crippen LogP contribution in [0.15, 0.2) is 60.0 Å². The number of rotatable bonds is 8. The minimum absolute atomic E-state index is 0.584. The largest absolute Gasteiger partial charge is 0.357 e. The van der Waals surface area contributed by atoms with Crippen LogP contribution in [-0.2, 0) is 12.8 Å². The van der Waals surface area contributed by atoms with Crippen molar-refractivity contribution in [1.82, 2.24) is 19.6 Å². The van der Waals surface area contributed by atoms with Gasteiger partial charge >= 0.3 is 0 Å². The molecule has 0 spiro atoms. The highest BCUT2D eigenvalue weighted by molar-refractivity contribution is 7.99. The predicted molar refractivity (Wildman–Crippen MR) is 151 cm³/mol. The van der Waals surface area contributed by atoms with Crippen molar-refractivity contribution in [1.29, 1.82) is 5.26 Å². The lowest BCUT2D eigenvalue weighted by molar-refractivity contribution is 0.402. The molecule has 0 saturated carbocycles. The van der Waals surface area contributed by atoms with E-state index in [0.29, 0.717) is 17.4 Å². The Hall–Kier alpha value is -3.37. The van der Waals surface area contributed by atoms with E-state index in [2.05, 4.69) is 78.4 Å². The summed E-state index contributed by atoms with van der Waals surface area (Å²) in [6.07, 6.45) is 12.1. The summed E-state index contributed by atoms with van der Waals surface area (Å²) in [5.74, 6) is 3.34. The smallest absolute Gasteiger partial charge is 0.128 e. The maximum Gasteiger partial charge on any atom is 0.128 e. The van der Waals surface area contributed by atoms with E-state index in [-0.39, 0.29) is 0 Å². The Bertz CT molecular complexity index is 1380. The molecule has 37 heavy (non-hydrogen) atoms. The van der Waals surface area contributed by atoms with Crippen molar-refractivity contribution in [2.45, 2.75) is 51.3 Å². The summed E-state index contributed by atoms with van der Waals surface area (Å²) in [5, 5.41) is 14.1. The SMILES string of the molecule is CCc1ccc(CC2CCN(c3ccc(-c4cc(SCC(C)C)cn5ncc(C#N)c45)cn3)CC2)cn1. The number of nitrogens with zero attached hydrogens (tertiary/aromatic N) is 6. The first-order valence-corrected chi connectivity index (χ1v) is 14.2. The molecule has 0 aromatic carbocycles. The van der Waals surface area contributed by atoms with Gasteiger partial charge in [0, 0.05) is 59.1 Å². The van der Waals surface area contributed by atoms with E-state index in [1.54, 1.807) is 6.20 Å². The number of nitriles is 1. The lowest BCUT2D eigenvalue weighted by Gasteiger charge is -2.33. The number of pyridine rings is 3. The van der Waals surface area contributed by atoms with Gasteiger partial charge in [-0.2, -0.15) is 10.4 Å². The molecule has 0 bridgehead atoms. The Balaban J connectivity index is 1.30. The van der Waals surface area contributed by atoms with Crippen molar-refractivity contribution in [2.24, 2.45) is 11.8 Å². The highest BCUT2D eigenvalue weighted by Gasteiger charge is 2.21. The number of aryl methyl sites for hydroxylation is 1. The zero-order valence-corrected chi connectivity index (χ0v) is 22.7. The molecule has 1 fully saturated rings. The second-order valence-electron chi connectivity index (χ2n) is 10.3. The number of hydrogen-bond acceptors (Lipinski definition) is 6. The molecule has 0 unspecified atom stereocenters. The number of hydrogen-bond donors (Lipinski definition) is 0.